The van der Waals surface area contributed by atoms with Crippen LogP contribution in [-0.2, 0) is 23.9 Å². The van der Waals surface area contributed by atoms with Gasteiger partial charge in [-0.15, -0.1) is 0 Å². The topological polar surface area (TPSA) is 80.1 Å². The normalized spacial score (nSPS) is 21.3. The molecule has 1 aliphatic rings. The van der Waals surface area contributed by atoms with Gasteiger partial charge in [-0.1, -0.05) is 13.0 Å². The summed E-state index contributed by atoms with van der Waals surface area (Å²) in [5, 5.41) is 6.94. The first-order chi connectivity index (χ1) is 10.6. The molecule has 0 spiro atoms. The zero-order valence-corrected chi connectivity index (χ0v) is 12.5. The van der Waals surface area contributed by atoms with Crippen LogP contribution in [0.4, 0.5) is 4.79 Å². The summed E-state index contributed by atoms with van der Waals surface area (Å²) in [4.78, 5) is 30.4. The van der Waals surface area contributed by atoms with Gasteiger partial charge < -0.3 is 5.32 Å². The van der Waals surface area contributed by atoms with E-state index >= 15 is 0 Å². The summed E-state index contributed by atoms with van der Waals surface area (Å²) in [7, 11) is 1.78. The third-order valence-electron chi connectivity index (χ3n) is 3.97. The largest absolute Gasteiger partial charge is 0.325 e. The SMILES string of the molecule is CCC1(c2cnn(C)c2)NC(=O)N(Cc2cccnc2)C1=O. The molecular weight excluding hydrogens is 282 g/mol. The lowest BCUT2D eigenvalue weighted by Crippen LogP contribution is -2.43. The third kappa shape index (κ3) is 2.14. The summed E-state index contributed by atoms with van der Waals surface area (Å²) in [5.41, 5.74) is 0.474. The first-order valence-corrected chi connectivity index (χ1v) is 7.09. The van der Waals surface area contributed by atoms with Gasteiger partial charge in [0.05, 0.1) is 12.7 Å². The second kappa shape index (κ2) is 5.25. The van der Waals surface area contributed by atoms with Gasteiger partial charge in [0.15, 0.2) is 0 Å². The number of imide groups is 1. The fourth-order valence-electron chi connectivity index (χ4n) is 2.72. The Morgan fingerprint density at radius 3 is 2.73 bits per heavy atom. The van der Waals surface area contributed by atoms with E-state index < -0.39 is 5.54 Å². The molecule has 1 fully saturated rings. The van der Waals surface area contributed by atoms with Crippen LogP contribution < -0.4 is 5.32 Å². The predicted octanol–water partition coefficient (Wildman–Crippen LogP) is 1.17. The van der Waals surface area contributed by atoms with E-state index in [0.29, 0.717) is 12.0 Å². The van der Waals surface area contributed by atoms with Crippen molar-refractivity contribution in [2.75, 3.05) is 0 Å². The molecule has 1 unspecified atom stereocenters. The van der Waals surface area contributed by atoms with E-state index in [1.54, 1.807) is 42.6 Å². The second-order valence-electron chi connectivity index (χ2n) is 5.34. The number of hydrogen-bond acceptors (Lipinski definition) is 4. The van der Waals surface area contributed by atoms with E-state index in [9.17, 15) is 9.59 Å². The van der Waals surface area contributed by atoms with E-state index in [1.807, 2.05) is 13.0 Å². The molecule has 3 rings (SSSR count). The lowest BCUT2D eigenvalue weighted by atomic mass is 9.89. The zero-order chi connectivity index (χ0) is 15.7. The molecule has 2 aromatic heterocycles. The van der Waals surface area contributed by atoms with E-state index in [-0.39, 0.29) is 18.5 Å². The van der Waals surface area contributed by atoms with Gasteiger partial charge in [-0.05, 0) is 18.1 Å². The highest BCUT2D eigenvalue weighted by Gasteiger charge is 2.51. The molecule has 0 aromatic carbocycles. The maximum Gasteiger partial charge on any atom is 0.325 e. The minimum absolute atomic E-state index is 0.209. The van der Waals surface area contributed by atoms with Crippen molar-refractivity contribution in [1.82, 2.24) is 25.0 Å². The van der Waals surface area contributed by atoms with Crippen molar-refractivity contribution in [3.8, 4) is 0 Å². The van der Waals surface area contributed by atoms with Crippen LogP contribution >= 0.6 is 0 Å². The van der Waals surface area contributed by atoms with Crippen molar-refractivity contribution < 1.29 is 9.59 Å². The van der Waals surface area contributed by atoms with Crippen LogP contribution in [0.15, 0.2) is 36.9 Å². The number of pyridine rings is 1. The average Bonchev–Trinajstić information content (AvgIpc) is 3.06. The lowest BCUT2D eigenvalue weighted by Gasteiger charge is -2.23. The van der Waals surface area contributed by atoms with Crippen molar-refractivity contribution in [1.29, 1.82) is 0 Å². The highest BCUT2D eigenvalue weighted by atomic mass is 16.2. The van der Waals surface area contributed by atoms with Gasteiger partial charge in [0.1, 0.15) is 5.54 Å². The third-order valence-corrected chi connectivity index (χ3v) is 3.97. The zero-order valence-electron chi connectivity index (χ0n) is 12.5. The molecule has 1 saturated heterocycles. The van der Waals surface area contributed by atoms with Crippen molar-refractivity contribution in [3.63, 3.8) is 0 Å². The number of amides is 3. The number of carbonyl (C=O) groups is 2. The molecule has 7 nitrogen and oxygen atoms in total. The van der Waals surface area contributed by atoms with Gasteiger partial charge in [-0.3, -0.25) is 19.4 Å². The number of rotatable bonds is 4. The number of carbonyl (C=O) groups excluding carboxylic acids is 2. The molecule has 1 atom stereocenters. The number of aryl methyl sites for hydroxylation is 1. The Balaban J connectivity index is 1.93. The van der Waals surface area contributed by atoms with Crippen molar-refractivity contribution in [2.24, 2.45) is 7.05 Å². The van der Waals surface area contributed by atoms with E-state index in [1.165, 1.54) is 4.90 Å². The fourth-order valence-corrected chi connectivity index (χ4v) is 2.72. The first-order valence-electron chi connectivity index (χ1n) is 7.09. The van der Waals surface area contributed by atoms with Gasteiger partial charge in [-0.25, -0.2) is 4.79 Å². The predicted molar refractivity (Wildman–Crippen MR) is 78.5 cm³/mol. The maximum absolute atomic E-state index is 12.9. The van der Waals surface area contributed by atoms with Crippen molar-refractivity contribution >= 4 is 11.9 Å². The molecule has 1 N–H and O–H groups in total. The Bertz CT molecular complexity index is 712. The molecule has 3 heterocycles. The molecule has 3 amide bonds. The molecule has 2 aromatic rings. The van der Waals surface area contributed by atoms with Crippen LogP contribution in [0.2, 0.25) is 0 Å². The molecule has 1 aliphatic heterocycles. The highest BCUT2D eigenvalue weighted by Crippen LogP contribution is 2.32. The number of hydrogen-bond donors (Lipinski definition) is 1. The molecule has 7 heteroatoms. The van der Waals surface area contributed by atoms with E-state index in [0.717, 1.165) is 5.56 Å². The summed E-state index contributed by atoms with van der Waals surface area (Å²) in [6.07, 6.45) is 7.15. The molecule has 0 saturated carbocycles. The average molecular weight is 299 g/mol. The minimum Gasteiger partial charge on any atom is -0.319 e. The van der Waals surface area contributed by atoms with Crippen LogP contribution in [0.25, 0.3) is 0 Å². The summed E-state index contributed by atoms with van der Waals surface area (Å²) in [5.74, 6) is -0.253. The van der Waals surface area contributed by atoms with Gasteiger partial charge in [0.25, 0.3) is 5.91 Å². The van der Waals surface area contributed by atoms with Gasteiger partial charge in [-0.2, -0.15) is 5.10 Å². The van der Waals surface area contributed by atoms with Gasteiger partial charge >= 0.3 is 6.03 Å². The Morgan fingerprint density at radius 2 is 2.14 bits per heavy atom. The van der Waals surface area contributed by atoms with Crippen LogP contribution in [0, 0.1) is 0 Å². The Morgan fingerprint density at radius 1 is 1.32 bits per heavy atom. The second-order valence-corrected chi connectivity index (χ2v) is 5.34. The van der Waals surface area contributed by atoms with Crippen LogP contribution in [0.5, 0.6) is 0 Å². The molecular formula is C15H17N5O2. The van der Waals surface area contributed by atoms with Gasteiger partial charge in [0.2, 0.25) is 0 Å². The molecule has 114 valence electrons. The molecule has 0 radical (unpaired) electrons. The number of aromatic nitrogens is 3. The van der Waals surface area contributed by atoms with Gasteiger partial charge in [0, 0.05) is 31.2 Å². The summed E-state index contributed by atoms with van der Waals surface area (Å²) < 4.78 is 1.62. The summed E-state index contributed by atoms with van der Waals surface area (Å²) in [6.45, 7) is 2.08. The van der Waals surface area contributed by atoms with Crippen LogP contribution in [-0.4, -0.2) is 31.6 Å². The molecule has 0 bridgehead atoms. The molecule has 0 aliphatic carbocycles. The highest BCUT2D eigenvalue weighted by molar-refractivity contribution is 6.07. The van der Waals surface area contributed by atoms with Crippen molar-refractivity contribution in [3.05, 3.63) is 48.0 Å². The summed E-state index contributed by atoms with van der Waals surface area (Å²) in [6, 6.07) is 3.23. The Hall–Kier alpha value is -2.70. The maximum atomic E-state index is 12.9. The van der Waals surface area contributed by atoms with Crippen molar-refractivity contribution in [2.45, 2.75) is 25.4 Å². The van der Waals surface area contributed by atoms with Crippen LogP contribution in [0.3, 0.4) is 0 Å². The quantitative estimate of drug-likeness (QED) is 0.859. The Kier molecular flexibility index (Phi) is 3.40. The van der Waals surface area contributed by atoms with E-state index in [4.69, 9.17) is 0 Å². The number of urea groups is 1. The summed E-state index contributed by atoms with van der Waals surface area (Å²) >= 11 is 0. The van der Waals surface area contributed by atoms with E-state index in [2.05, 4.69) is 15.4 Å². The fraction of sp³-hybridized carbons (Fsp3) is 0.333. The lowest BCUT2D eigenvalue weighted by molar-refractivity contribution is -0.132. The van der Waals surface area contributed by atoms with Crippen LogP contribution in [0.1, 0.15) is 24.5 Å². The first kappa shape index (κ1) is 14.2. The smallest absolute Gasteiger partial charge is 0.319 e. The minimum atomic E-state index is -1.03. The number of nitrogens with zero attached hydrogens (tertiary/aromatic N) is 4. The monoisotopic (exact) mass is 299 g/mol. The standard InChI is InChI=1S/C15H17N5O2/c1-3-15(12-8-17-19(2)10-12)13(21)20(14(22)18-15)9-11-5-4-6-16-7-11/h4-8,10H,3,9H2,1-2H3,(H,18,22). The molecule has 22 heavy (non-hydrogen) atoms. The number of nitrogens with one attached hydrogen (secondary N) is 1. The Labute approximate surface area is 127 Å².